The van der Waals surface area contributed by atoms with E-state index in [1.807, 2.05) is 24.0 Å². The van der Waals surface area contributed by atoms with Crippen LogP contribution in [-0.4, -0.2) is 34.9 Å². The van der Waals surface area contributed by atoms with E-state index in [1.54, 1.807) is 0 Å². The summed E-state index contributed by atoms with van der Waals surface area (Å²) in [5.74, 6) is 0.960. The highest BCUT2D eigenvalue weighted by Gasteiger charge is 2.31. The predicted octanol–water partition coefficient (Wildman–Crippen LogP) is 1.96. The lowest BCUT2D eigenvalue weighted by Gasteiger charge is -2.18. The van der Waals surface area contributed by atoms with E-state index in [4.69, 9.17) is 10.5 Å². The molecule has 1 aliphatic carbocycles. The van der Waals surface area contributed by atoms with Gasteiger partial charge in [-0.1, -0.05) is 12.8 Å². The fraction of sp³-hybridized carbons (Fsp3) is 0.733. The quantitative estimate of drug-likeness (QED) is 0.445. The lowest BCUT2D eigenvalue weighted by molar-refractivity contribution is 0.0859. The Balaban J connectivity index is 0.00000176. The van der Waals surface area contributed by atoms with Crippen LogP contribution in [0.25, 0.3) is 0 Å². The van der Waals surface area contributed by atoms with Gasteiger partial charge in [0.15, 0.2) is 5.96 Å². The molecule has 1 aliphatic heterocycles. The molecule has 0 aromatic carbocycles. The minimum atomic E-state index is 0. The summed E-state index contributed by atoms with van der Waals surface area (Å²) in [4.78, 5) is 4.53. The van der Waals surface area contributed by atoms with E-state index in [0.29, 0.717) is 24.5 Å². The number of nitrogens with two attached hydrogens (primary N) is 1. The molecule has 1 aromatic heterocycles. The van der Waals surface area contributed by atoms with E-state index in [1.165, 1.54) is 25.7 Å². The zero-order chi connectivity index (χ0) is 14.7. The lowest BCUT2D eigenvalue weighted by Crippen LogP contribution is -2.39. The summed E-state index contributed by atoms with van der Waals surface area (Å²) >= 11 is 0. The normalized spacial score (nSPS) is 26.1. The molecule has 0 radical (unpaired) electrons. The van der Waals surface area contributed by atoms with E-state index in [2.05, 4.69) is 15.4 Å². The number of nitrogens with one attached hydrogen (secondary N) is 1. The van der Waals surface area contributed by atoms with Gasteiger partial charge in [-0.15, -0.1) is 24.0 Å². The molecule has 7 heteroatoms. The largest absolute Gasteiger partial charge is 0.372 e. The second-order valence-electron chi connectivity index (χ2n) is 6.07. The molecule has 2 heterocycles. The van der Waals surface area contributed by atoms with Crippen LogP contribution in [-0.2, 0) is 11.8 Å². The van der Waals surface area contributed by atoms with Gasteiger partial charge >= 0.3 is 0 Å². The Morgan fingerprint density at radius 1 is 1.45 bits per heavy atom. The van der Waals surface area contributed by atoms with Gasteiger partial charge in [0.1, 0.15) is 6.10 Å². The molecule has 124 valence electrons. The molecule has 1 aromatic rings. The van der Waals surface area contributed by atoms with Crippen LogP contribution in [0.2, 0.25) is 0 Å². The lowest BCUT2D eigenvalue weighted by atomic mass is 9.99. The fourth-order valence-electron chi connectivity index (χ4n) is 3.35. The van der Waals surface area contributed by atoms with Crippen LogP contribution in [0.1, 0.15) is 43.9 Å². The molecule has 6 nitrogen and oxygen atoms in total. The number of hydrogen-bond acceptors (Lipinski definition) is 3. The Morgan fingerprint density at radius 3 is 2.91 bits per heavy atom. The third kappa shape index (κ3) is 4.13. The first-order chi connectivity index (χ1) is 10.2. The number of nitrogens with zero attached hydrogens (tertiary/aromatic N) is 3. The van der Waals surface area contributed by atoms with Crippen molar-refractivity contribution in [3.8, 4) is 0 Å². The average molecular weight is 419 g/mol. The summed E-state index contributed by atoms with van der Waals surface area (Å²) in [6, 6.07) is 2.54. The van der Waals surface area contributed by atoms with Gasteiger partial charge in [-0.3, -0.25) is 9.67 Å². The highest BCUT2D eigenvalue weighted by Crippen LogP contribution is 2.34. The molecule has 0 spiro atoms. The molecule has 2 aliphatic rings. The van der Waals surface area contributed by atoms with Crippen molar-refractivity contribution in [2.45, 2.75) is 44.2 Å². The second kappa shape index (κ2) is 8.14. The molecule has 0 bridgehead atoms. The summed E-state index contributed by atoms with van der Waals surface area (Å²) < 4.78 is 7.75. The highest BCUT2D eigenvalue weighted by atomic mass is 127. The van der Waals surface area contributed by atoms with E-state index >= 15 is 0 Å². The SMILES string of the molecule is Cn1nccc1[C@@H]1OCC[C@H]1CN=C(N)NC1CCCC1.I. The number of ether oxygens (including phenoxy) is 1. The Bertz CT molecular complexity index is 498. The van der Waals surface area contributed by atoms with E-state index in [-0.39, 0.29) is 30.1 Å². The fourth-order valence-corrected chi connectivity index (χ4v) is 3.35. The van der Waals surface area contributed by atoms with E-state index < -0.39 is 0 Å². The molecule has 2 atom stereocenters. The minimum absolute atomic E-state index is 0. The second-order valence-corrected chi connectivity index (χ2v) is 6.07. The molecule has 1 saturated carbocycles. The van der Waals surface area contributed by atoms with Crippen molar-refractivity contribution in [3.63, 3.8) is 0 Å². The number of guanidine groups is 1. The van der Waals surface area contributed by atoms with Gasteiger partial charge in [0.05, 0.1) is 5.69 Å². The Kier molecular flexibility index (Phi) is 6.49. The molecular weight excluding hydrogens is 393 g/mol. The van der Waals surface area contributed by atoms with Crippen molar-refractivity contribution in [3.05, 3.63) is 18.0 Å². The van der Waals surface area contributed by atoms with Crippen molar-refractivity contribution in [2.75, 3.05) is 13.2 Å². The predicted molar refractivity (Wildman–Crippen MR) is 97.3 cm³/mol. The standard InChI is InChI=1S/C15H25N5O.HI/c1-20-13(6-8-18-20)14-11(7-9-21-14)10-17-15(16)19-12-4-2-3-5-12;/h6,8,11-12,14H,2-5,7,9-10H2,1H3,(H3,16,17,19);1H/t11-,14+;/m0./s1. The smallest absolute Gasteiger partial charge is 0.188 e. The van der Waals surface area contributed by atoms with Crippen LogP contribution >= 0.6 is 24.0 Å². The first kappa shape index (κ1) is 17.5. The van der Waals surface area contributed by atoms with Gasteiger partial charge in [0.25, 0.3) is 0 Å². The molecule has 22 heavy (non-hydrogen) atoms. The zero-order valence-electron chi connectivity index (χ0n) is 13.1. The monoisotopic (exact) mass is 419 g/mol. The van der Waals surface area contributed by atoms with Gasteiger partial charge in [0, 0.05) is 38.4 Å². The Morgan fingerprint density at radius 2 is 2.23 bits per heavy atom. The first-order valence-electron chi connectivity index (χ1n) is 7.90. The highest BCUT2D eigenvalue weighted by molar-refractivity contribution is 14.0. The number of aromatic nitrogens is 2. The Hall–Kier alpha value is -0.830. The maximum Gasteiger partial charge on any atom is 0.188 e. The van der Waals surface area contributed by atoms with Crippen LogP contribution in [0, 0.1) is 5.92 Å². The van der Waals surface area contributed by atoms with Crippen molar-refractivity contribution in [1.29, 1.82) is 0 Å². The first-order valence-corrected chi connectivity index (χ1v) is 7.90. The summed E-state index contributed by atoms with van der Waals surface area (Å²) in [7, 11) is 1.95. The number of aliphatic imine (C=N–C) groups is 1. The number of halogens is 1. The number of rotatable bonds is 4. The summed E-state index contributed by atoms with van der Waals surface area (Å²) in [5, 5.41) is 7.56. The molecule has 0 unspecified atom stereocenters. The van der Waals surface area contributed by atoms with Gasteiger partial charge in [-0.25, -0.2) is 0 Å². The maximum absolute atomic E-state index is 6.01. The third-order valence-electron chi connectivity index (χ3n) is 4.57. The van der Waals surface area contributed by atoms with E-state index in [9.17, 15) is 0 Å². The number of hydrogen-bond donors (Lipinski definition) is 2. The minimum Gasteiger partial charge on any atom is -0.372 e. The van der Waals surface area contributed by atoms with Gasteiger partial charge < -0.3 is 15.8 Å². The van der Waals surface area contributed by atoms with Crippen LogP contribution in [0.5, 0.6) is 0 Å². The van der Waals surface area contributed by atoms with Crippen LogP contribution in [0.3, 0.4) is 0 Å². The number of aryl methyl sites for hydroxylation is 1. The van der Waals surface area contributed by atoms with Crippen molar-refractivity contribution in [2.24, 2.45) is 23.7 Å². The molecule has 3 N–H and O–H groups in total. The molecule has 2 fully saturated rings. The topological polar surface area (TPSA) is 77.5 Å². The summed E-state index contributed by atoms with van der Waals surface area (Å²) in [5.41, 5.74) is 7.13. The maximum atomic E-state index is 6.01. The average Bonchev–Trinajstić information content (AvgIpc) is 3.17. The van der Waals surface area contributed by atoms with Crippen molar-refractivity contribution >= 4 is 29.9 Å². The summed E-state index contributed by atoms with van der Waals surface area (Å²) in [6.45, 7) is 1.49. The van der Waals surface area contributed by atoms with Gasteiger partial charge in [-0.2, -0.15) is 5.10 Å². The van der Waals surface area contributed by atoms with Crippen molar-refractivity contribution in [1.82, 2.24) is 15.1 Å². The molecule has 3 rings (SSSR count). The summed E-state index contributed by atoms with van der Waals surface area (Å²) in [6.07, 6.45) is 7.93. The van der Waals surface area contributed by atoms with Crippen LogP contribution in [0.4, 0.5) is 0 Å². The van der Waals surface area contributed by atoms with E-state index in [0.717, 1.165) is 18.7 Å². The van der Waals surface area contributed by atoms with Crippen LogP contribution < -0.4 is 11.1 Å². The Labute approximate surface area is 148 Å². The molecular formula is C15H26IN5O. The van der Waals surface area contributed by atoms with Crippen LogP contribution in [0.15, 0.2) is 17.3 Å². The van der Waals surface area contributed by atoms with Gasteiger partial charge in [-0.05, 0) is 25.3 Å². The third-order valence-corrected chi connectivity index (χ3v) is 4.57. The molecule has 1 saturated heterocycles. The van der Waals surface area contributed by atoms with Crippen molar-refractivity contribution < 1.29 is 4.74 Å². The molecule has 0 amide bonds. The zero-order valence-corrected chi connectivity index (χ0v) is 15.4. The van der Waals surface area contributed by atoms with Gasteiger partial charge in [0.2, 0.25) is 0 Å².